The molecule has 0 radical (unpaired) electrons. The summed E-state index contributed by atoms with van der Waals surface area (Å²) in [5.41, 5.74) is 0. The highest BCUT2D eigenvalue weighted by Gasteiger charge is 1.87. The number of allylic oxidation sites excluding steroid dienone is 4. The van der Waals surface area contributed by atoms with Gasteiger partial charge in [0.1, 0.15) is 0 Å². The van der Waals surface area contributed by atoms with Gasteiger partial charge in [0.2, 0.25) is 0 Å². The monoisotopic (exact) mass is 236 g/mol. The van der Waals surface area contributed by atoms with Gasteiger partial charge in [-0.25, -0.2) is 0 Å². The van der Waals surface area contributed by atoms with Crippen LogP contribution in [0, 0.1) is 0 Å². The molecule has 0 aromatic rings. The van der Waals surface area contributed by atoms with E-state index in [1.54, 1.807) is 0 Å². The maximum Gasteiger partial charge on any atom is -0.0169 e. The van der Waals surface area contributed by atoms with Crippen LogP contribution >= 0.6 is 0 Å². The van der Waals surface area contributed by atoms with E-state index in [9.17, 15) is 0 Å². The van der Waals surface area contributed by atoms with Gasteiger partial charge < -0.3 is 0 Å². The van der Waals surface area contributed by atoms with E-state index in [0.717, 1.165) is 6.42 Å². The first-order chi connectivity index (χ1) is 8.41. The molecule has 0 saturated heterocycles. The lowest BCUT2D eigenvalue weighted by atomic mass is 10.1. The van der Waals surface area contributed by atoms with Gasteiger partial charge in [0.25, 0.3) is 0 Å². The molecule has 0 heterocycles. The van der Waals surface area contributed by atoms with Crippen LogP contribution in [0.3, 0.4) is 0 Å². The molecule has 100 valence electrons. The summed E-state index contributed by atoms with van der Waals surface area (Å²) < 4.78 is 0. The molecule has 0 bridgehead atoms. The first kappa shape index (κ1) is 16.5. The maximum atomic E-state index is 2.35. The van der Waals surface area contributed by atoms with Crippen LogP contribution in [0.25, 0.3) is 0 Å². The minimum atomic E-state index is 1.12. The lowest BCUT2D eigenvalue weighted by Gasteiger charge is -1.97. The Morgan fingerprint density at radius 3 is 1.71 bits per heavy atom. The molecule has 0 nitrogen and oxygen atoms in total. The first-order valence-corrected chi connectivity index (χ1v) is 7.71. The summed E-state index contributed by atoms with van der Waals surface area (Å²) in [6, 6.07) is 0. The fraction of sp³-hybridized carbons (Fsp3) is 0.765. The Labute approximate surface area is 109 Å². The van der Waals surface area contributed by atoms with Crippen molar-refractivity contribution in [3.05, 3.63) is 24.3 Å². The van der Waals surface area contributed by atoms with Crippen molar-refractivity contribution in [3.63, 3.8) is 0 Å². The van der Waals surface area contributed by atoms with Crippen LogP contribution in [0.2, 0.25) is 0 Å². The highest BCUT2D eigenvalue weighted by Crippen LogP contribution is 2.07. The lowest BCUT2D eigenvalue weighted by Crippen LogP contribution is -1.77. The Hall–Kier alpha value is -0.520. The zero-order chi connectivity index (χ0) is 12.6. The smallest absolute Gasteiger partial charge is 0.0169 e. The van der Waals surface area contributed by atoms with E-state index in [1.807, 2.05) is 0 Å². The van der Waals surface area contributed by atoms with E-state index >= 15 is 0 Å². The van der Waals surface area contributed by atoms with Gasteiger partial charge in [-0.3, -0.25) is 0 Å². The second-order valence-electron chi connectivity index (χ2n) is 4.88. The molecule has 0 atom stereocenters. The van der Waals surface area contributed by atoms with Crippen molar-refractivity contribution in [1.82, 2.24) is 0 Å². The Kier molecular flexibility index (Phi) is 15.0. The summed E-state index contributed by atoms with van der Waals surface area (Å²) in [7, 11) is 0. The summed E-state index contributed by atoms with van der Waals surface area (Å²) in [5, 5.41) is 0. The van der Waals surface area contributed by atoms with E-state index in [-0.39, 0.29) is 0 Å². The van der Waals surface area contributed by atoms with Crippen LogP contribution in [-0.4, -0.2) is 0 Å². The van der Waals surface area contributed by atoms with Gasteiger partial charge in [-0.15, -0.1) is 0 Å². The van der Waals surface area contributed by atoms with Gasteiger partial charge in [0.05, 0.1) is 0 Å². The molecule has 0 spiro atoms. The van der Waals surface area contributed by atoms with Gasteiger partial charge in [0, 0.05) is 0 Å². The van der Waals surface area contributed by atoms with E-state index < -0.39 is 0 Å². The average molecular weight is 236 g/mol. The first-order valence-electron chi connectivity index (χ1n) is 7.71. The quantitative estimate of drug-likeness (QED) is 0.270. The highest BCUT2D eigenvalue weighted by molar-refractivity contribution is 4.92. The normalized spacial score (nSPS) is 11.9. The van der Waals surface area contributed by atoms with E-state index in [1.165, 1.54) is 64.2 Å². The Bertz CT molecular complexity index is 176. The van der Waals surface area contributed by atoms with E-state index in [4.69, 9.17) is 0 Å². The fourth-order valence-electron chi connectivity index (χ4n) is 1.87. The van der Waals surface area contributed by atoms with E-state index in [0.29, 0.717) is 0 Å². The molecular weight excluding hydrogens is 204 g/mol. The zero-order valence-electron chi connectivity index (χ0n) is 12.1. The second-order valence-corrected chi connectivity index (χ2v) is 4.88. The van der Waals surface area contributed by atoms with Gasteiger partial charge in [-0.2, -0.15) is 0 Å². The predicted molar refractivity (Wildman–Crippen MR) is 80.4 cm³/mol. The van der Waals surface area contributed by atoms with Gasteiger partial charge >= 0.3 is 0 Å². The van der Waals surface area contributed by atoms with Gasteiger partial charge in [-0.05, 0) is 25.7 Å². The van der Waals surface area contributed by atoms with Crippen LogP contribution in [0.4, 0.5) is 0 Å². The van der Waals surface area contributed by atoms with Crippen molar-refractivity contribution in [1.29, 1.82) is 0 Å². The number of unbranched alkanes of at least 4 members (excludes halogenated alkanes) is 8. The molecular formula is C17H32. The van der Waals surface area contributed by atoms with Crippen LogP contribution in [0.1, 0.15) is 84.5 Å². The minimum absolute atomic E-state index is 1.12. The molecule has 0 unspecified atom stereocenters. The van der Waals surface area contributed by atoms with Crippen molar-refractivity contribution >= 4 is 0 Å². The summed E-state index contributed by atoms with van der Waals surface area (Å²) in [6.07, 6.45) is 24.0. The van der Waals surface area contributed by atoms with Crippen molar-refractivity contribution in [3.8, 4) is 0 Å². The van der Waals surface area contributed by atoms with Crippen LogP contribution in [0.5, 0.6) is 0 Å². The van der Waals surface area contributed by atoms with Crippen LogP contribution in [0.15, 0.2) is 24.3 Å². The number of rotatable bonds is 12. The number of hydrogen-bond donors (Lipinski definition) is 0. The molecule has 0 aromatic heterocycles. The number of hydrogen-bond acceptors (Lipinski definition) is 0. The van der Waals surface area contributed by atoms with Gasteiger partial charge in [0.15, 0.2) is 0 Å². The molecule has 0 aliphatic carbocycles. The molecule has 0 N–H and O–H groups in total. The predicted octanol–water partition coefficient (Wildman–Crippen LogP) is 6.43. The van der Waals surface area contributed by atoms with Crippen LogP contribution < -0.4 is 0 Å². The molecule has 0 rings (SSSR count). The zero-order valence-corrected chi connectivity index (χ0v) is 12.1. The molecule has 0 aliphatic rings. The Morgan fingerprint density at radius 2 is 1.06 bits per heavy atom. The minimum Gasteiger partial charge on any atom is -0.0882 e. The van der Waals surface area contributed by atoms with Gasteiger partial charge in [-0.1, -0.05) is 83.1 Å². The molecule has 0 aromatic carbocycles. The SMILES string of the molecule is CCCC/C=C/C/C=C/CCCCCCCC. The molecule has 0 fully saturated rings. The van der Waals surface area contributed by atoms with E-state index in [2.05, 4.69) is 38.2 Å². The second kappa shape index (κ2) is 15.5. The largest absolute Gasteiger partial charge is 0.0882 e. The van der Waals surface area contributed by atoms with Crippen molar-refractivity contribution in [2.75, 3.05) is 0 Å². The van der Waals surface area contributed by atoms with Crippen molar-refractivity contribution in [2.45, 2.75) is 84.5 Å². The summed E-state index contributed by atoms with van der Waals surface area (Å²) >= 11 is 0. The molecule has 0 heteroatoms. The third kappa shape index (κ3) is 15.5. The maximum absolute atomic E-state index is 2.35. The third-order valence-corrected chi connectivity index (χ3v) is 3.05. The summed E-state index contributed by atoms with van der Waals surface area (Å²) in [5.74, 6) is 0. The molecule has 0 amide bonds. The molecule has 17 heavy (non-hydrogen) atoms. The van der Waals surface area contributed by atoms with Crippen LogP contribution in [-0.2, 0) is 0 Å². The third-order valence-electron chi connectivity index (χ3n) is 3.05. The Morgan fingerprint density at radius 1 is 0.529 bits per heavy atom. The molecule has 0 aliphatic heterocycles. The lowest BCUT2D eigenvalue weighted by molar-refractivity contribution is 0.611. The molecule has 0 saturated carbocycles. The van der Waals surface area contributed by atoms with Crippen molar-refractivity contribution < 1.29 is 0 Å². The Balaban J connectivity index is 3.11. The standard InChI is InChI=1S/C17H32/c1-3-5-7-9-11-13-15-17-16-14-12-10-8-6-4-2/h9,11,15,17H,3-8,10,12-14,16H2,1-2H3/b11-9+,17-15+. The average Bonchev–Trinajstić information content (AvgIpc) is 2.35. The summed E-state index contributed by atoms with van der Waals surface area (Å²) in [4.78, 5) is 0. The fourth-order valence-corrected chi connectivity index (χ4v) is 1.87. The van der Waals surface area contributed by atoms with Crippen molar-refractivity contribution in [2.24, 2.45) is 0 Å². The highest BCUT2D eigenvalue weighted by atomic mass is 13.9. The topological polar surface area (TPSA) is 0 Å². The summed E-state index contributed by atoms with van der Waals surface area (Å²) in [6.45, 7) is 4.52.